The number of halogens is 2. The Hall–Kier alpha value is -1.14. The van der Waals surface area contributed by atoms with Crippen molar-refractivity contribution in [3.8, 4) is 0 Å². The molecule has 1 unspecified atom stereocenters. The maximum Gasteiger partial charge on any atom is 0.257 e. The van der Waals surface area contributed by atoms with Crippen molar-refractivity contribution in [2.45, 2.75) is 25.3 Å². The molecule has 1 aliphatic carbocycles. The third-order valence-electron chi connectivity index (χ3n) is 3.90. The summed E-state index contributed by atoms with van der Waals surface area (Å²) in [6, 6.07) is 9.83. The molecule has 0 spiro atoms. The predicted molar refractivity (Wildman–Crippen MR) is 101 cm³/mol. The van der Waals surface area contributed by atoms with Crippen molar-refractivity contribution in [2.24, 2.45) is 0 Å². The second kappa shape index (κ2) is 8.64. The Balaban J connectivity index is 0.00000132. The minimum atomic E-state index is -0.0918. The first-order chi connectivity index (χ1) is 10.1. The lowest BCUT2D eigenvalue weighted by Crippen LogP contribution is -2.32. The van der Waals surface area contributed by atoms with Crippen LogP contribution < -0.4 is 5.32 Å². The summed E-state index contributed by atoms with van der Waals surface area (Å²) in [5.41, 5.74) is 1.82. The van der Waals surface area contributed by atoms with E-state index in [-0.39, 0.29) is 30.7 Å². The van der Waals surface area contributed by atoms with Gasteiger partial charge in [-0.1, -0.05) is 18.2 Å². The molecule has 2 aromatic rings. The van der Waals surface area contributed by atoms with Crippen molar-refractivity contribution in [1.82, 2.24) is 9.88 Å². The summed E-state index contributed by atoms with van der Waals surface area (Å²) in [5, 5.41) is 3.63. The number of nitrogens with one attached hydrogen (secondary N) is 1. The van der Waals surface area contributed by atoms with E-state index in [9.17, 15) is 4.79 Å². The largest absolute Gasteiger partial charge is 0.306 e. The number of fused-ring (bicyclic) bond motifs is 1. The van der Waals surface area contributed by atoms with Gasteiger partial charge in [0.25, 0.3) is 5.91 Å². The fourth-order valence-corrected chi connectivity index (χ4v) is 3.68. The molecular weight excluding hydrogens is 353 g/mol. The van der Waals surface area contributed by atoms with Gasteiger partial charge in [0.15, 0.2) is 5.13 Å². The number of carbonyl (C=O) groups is 1. The highest BCUT2D eigenvalue weighted by molar-refractivity contribution is 7.15. The van der Waals surface area contributed by atoms with Crippen LogP contribution in [-0.2, 0) is 12.8 Å². The van der Waals surface area contributed by atoms with Gasteiger partial charge in [0, 0.05) is 16.5 Å². The SMILES string of the molecule is CN(C)C1CCc2nc(NC(=O)c3ccccc3)sc2C1.Cl.Cl. The fourth-order valence-electron chi connectivity index (χ4n) is 2.61. The Morgan fingerprint density at radius 3 is 2.61 bits per heavy atom. The molecule has 0 saturated heterocycles. The van der Waals surface area contributed by atoms with Crippen LogP contribution >= 0.6 is 36.2 Å². The van der Waals surface area contributed by atoms with Crippen LogP contribution in [0.15, 0.2) is 30.3 Å². The number of amides is 1. The first kappa shape index (κ1) is 19.9. The van der Waals surface area contributed by atoms with Crippen molar-refractivity contribution in [3.05, 3.63) is 46.5 Å². The first-order valence-corrected chi connectivity index (χ1v) is 7.96. The van der Waals surface area contributed by atoms with Crippen LogP contribution in [0.2, 0.25) is 0 Å². The molecule has 3 rings (SSSR count). The van der Waals surface area contributed by atoms with Crippen molar-refractivity contribution in [2.75, 3.05) is 19.4 Å². The summed E-state index contributed by atoms with van der Waals surface area (Å²) in [6.45, 7) is 0. The minimum absolute atomic E-state index is 0. The third kappa shape index (κ3) is 4.67. The van der Waals surface area contributed by atoms with Crippen molar-refractivity contribution in [1.29, 1.82) is 0 Å². The van der Waals surface area contributed by atoms with E-state index in [2.05, 4.69) is 29.3 Å². The second-order valence-corrected chi connectivity index (χ2v) is 6.65. The van der Waals surface area contributed by atoms with Crippen LogP contribution in [0.1, 0.15) is 27.3 Å². The average Bonchev–Trinajstić information content (AvgIpc) is 2.89. The molecule has 4 nitrogen and oxygen atoms in total. The van der Waals surface area contributed by atoms with E-state index < -0.39 is 0 Å². The van der Waals surface area contributed by atoms with Gasteiger partial charge in [-0.15, -0.1) is 36.2 Å². The van der Waals surface area contributed by atoms with Gasteiger partial charge in [-0.2, -0.15) is 0 Å². The van der Waals surface area contributed by atoms with E-state index in [1.165, 1.54) is 4.88 Å². The van der Waals surface area contributed by atoms with Crippen molar-refractivity contribution >= 4 is 47.2 Å². The molecule has 7 heteroatoms. The Kier molecular flexibility index (Phi) is 7.48. The summed E-state index contributed by atoms with van der Waals surface area (Å²) in [7, 11) is 4.24. The van der Waals surface area contributed by atoms with Gasteiger partial charge < -0.3 is 4.90 Å². The molecule has 0 fully saturated rings. The molecule has 126 valence electrons. The third-order valence-corrected chi connectivity index (χ3v) is 4.94. The monoisotopic (exact) mass is 373 g/mol. The Labute approximate surface area is 153 Å². The number of hydrogen-bond acceptors (Lipinski definition) is 4. The summed E-state index contributed by atoms with van der Waals surface area (Å²) >= 11 is 1.61. The second-order valence-electron chi connectivity index (χ2n) is 5.57. The van der Waals surface area contributed by atoms with E-state index in [4.69, 9.17) is 0 Å². The number of aromatic nitrogens is 1. The molecule has 0 radical (unpaired) electrons. The zero-order valence-corrected chi connectivity index (χ0v) is 15.6. The van der Waals surface area contributed by atoms with Gasteiger partial charge in [0.2, 0.25) is 0 Å². The smallest absolute Gasteiger partial charge is 0.257 e. The van der Waals surface area contributed by atoms with E-state index in [1.54, 1.807) is 11.3 Å². The van der Waals surface area contributed by atoms with Gasteiger partial charge in [0.05, 0.1) is 5.69 Å². The maximum atomic E-state index is 12.1. The van der Waals surface area contributed by atoms with Crippen LogP contribution in [0.3, 0.4) is 0 Å². The molecule has 0 bridgehead atoms. The van der Waals surface area contributed by atoms with E-state index >= 15 is 0 Å². The topological polar surface area (TPSA) is 45.2 Å². The number of anilines is 1. The number of aryl methyl sites for hydroxylation is 1. The lowest BCUT2D eigenvalue weighted by atomic mass is 9.97. The average molecular weight is 374 g/mol. The lowest BCUT2D eigenvalue weighted by Gasteiger charge is -2.27. The van der Waals surface area contributed by atoms with Crippen LogP contribution in [-0.4, -0.2) is 35.9 Å². The van der Waals surface area contributed by atoms with E-state index in [0.717, 1.165) is 25.0 Å². The van der Waals surface area contributed by atoms with Gasteiger partial charge in [-0.05, 0) is 45.5 Å². The van der Waals surface area contributed by atoms with Gasteiger partial charge >= 0.3 is 0 Å². The molecule has 0 aliphatic heterocycles. The van der Waals surface area contributed by atoms with Gasteiger partial charge in [-0.25, -0.2) is 4.98 Å². The zero-order valence-electron chi connectivity index (χ0n) is 13.1. The number of benzene rings is 1. The molecule has 23 heavy (non-hydrogen) atoms. The maximum absolute atomic E-state index is 12.1. The predicted octanol–water partition coefficient (Wildman–Crippen LogP) is 3.66. The molecule has 1 aliphatic rings. The molecule has 1 aromatic carbocycles. The quantitative estimate of drug-likeness (QED) is 0.892. The highest BCUT2D eigenvalue weighted by Crippen LogP contribution is 2.31. The van der Waals surface area contributed by atoms with Crippen molar-refractivity contribution < 1.29 is 4.79 Å². The number of hydrogen-bond donors (Lipinski definition) is 1. The highest BCUT2D eigenvalue weighted by Gasteiger charge is 2.24. The Bertz CT molecular complexity index is 646. The van der Waals surface area contributed by atoms with Gasteiger partial charge in [0.1, 0.15) is 0 Å². The minimum Gasteiger partial charge on any atom is -0.306 e. The van der Waals surface area contributed by atoms with Gasteiger partial charge in [-0.3, -0.25) is 10.1 Å². The standard InChI is InChI=1S/C16H19N3OS.2ClH/c1-19(2)12-8-9-13-14(10-12)21-16(17-13)18-15(20)11-6-4-3-5-7-11;;/h3-7,12H,8-10H2,1-2H3,(H,17,18,20);2*1H. The summed E-state index contributed by atoms with van der Waals surface area (Å²) in [4.78, 5) is 20.3. The molecule has 1 atom stereocenters. The number of thiazole rings is 1. The van der Waals surface area contributed by atoms with Crippen molar-refractivity contribution in [3.63, 3.8) is 0 Å². The fraction of sp³-hybridized carbons (Fsp3) is 0.375. The first-order valence-electron chi connectivity index (χ1n) is 7.15. The molecular formula is C16H21Cl2N3OS. The van der Waals surface area contributed by atoms with E-state index in [1.807, 2.05) is 30.3 Å². The number of likely N-dealkylation sites (N-methyl/N-ethyl adjacent to an activating group) is 1. The lowest BCUT2D eigenvalue weighted by molar-refractivity contribution is 0.102. The molecule has 1 aromatic heterocycles. The number of nitrogens with zero attached hydrogens (tertiary/aromatic N) is 2. The summed E-state index contributed by atoms with van der Waals surface area (Å²) < 4.78 is 0. The zero-order chi connectivity index (χ0) is 14.8. The Morgan fingerprint density at radius 1 is 1.26 bits per heavy atom. The summed E-state index contributed by atoms with van der Waals surface area (Å²) in [6.07, 6.45) is 3.16. The molecule has 1 heterocycles. The van der Waals surface area contributed by atoms with Crippen LogP contribution in [0.25, 0.3) is 0 Å². The highest BCUT2D eigenvalue weighted by atomic mass is 35.5. The Morgan fingerprint density at radius 2 is 1.96 bits per heavy atom. The summed E-state index contributed by atoms with van der Waals surface area (Å²) in [5.74, 6) is -0.0918. The molecule has 1 amide bonds. The number of rotatable bonds is 3. The van der Waals surface area contributed by atoms with Crippen LogP contribution in [0.5, 0.6) is 0 Å². The van der Waals surface area contributed by atoms with Crippen LogP contribution in [0, 0.1) is 0 Å². The molecule has 1 N–H and O–H groups in total. The van der Waals surface area contributed by atoms with E-state index in [0.29, 0.717) is 16.7 Å². The normalized spacial score (nSPS) is 16.0. The van der Waals surface area contributed by atoms with Crippen LogP contribution in [0.4, 0.5) is 5.13 Å². The number of carbonyl (C=O) groups excluding carboxylic acids is 1. The molecule has 0 saturated carbocycles.